The molecule has 1 heterocycles. The van der Waals surface area contributed by atoms with Crippen molar-refractivity contribution in [2.75, 3.05) is 6.61 Å². The summed E-state index contributed by atoms with van der Waals surface area (Å²) in [5.74, 6) is 0.901. The molecule has 6 nitrogen and oxygen atoms in total. The third kappa shape index (κ3) is 3.87. The molecule has 4 fully saturated rings. The minimum atomic E-state index is -1.17. The molecule has 0 amide bonds. The number of benzene rings is 2. The molecule has 2 aromatic rings. The molecular formula is C35H40O6. The molecule has 1 aliphatic heterocycles. The third-order valence-corrected chi connectivity index (χ3v) is 11.3. The highest BCUT2D eigenvalue weighted by molar-refractivity contribution is 6.01. The molecule has 0 radical (unpaired) electrons. The Kier molecular flexibility index (Phi) is 6.35. The lowest BCUT2D eigenvalue weighted by molar-refractivity contribution is -0.200. The molecule has 0 bridgehead atoms. The molecule has 4 aliphatic carbocycles. The van der Waals surface area contributed by atoms with Crippen LogP contribution in [0.1, 0.15) is 59.3 Å². The maximum absolute atomic E-state index is 14.4. The van der Waals surface area contributed by atoms with E-state index in [1.54, 1.807) is 12.2 Å². The van der Waals surface area contributed by atoms with E-state index in [2.05, 4.69) is 26.8 Å². The zero-order chi connectivity index (χ0) is 28.6. The molecule has 41 heavy (non-hydrogen) atoms. The topological polar surface area (TPSA) is 82.1 Å². The monoisotopic (exact) mass is 556 g/mol. The normalized spacial score (nSPS) is 40.9. The van der Waals surface area contributed by atoms with Crippen molar-refractivity contribution in [3.8, 4) is 5.75 Å². The molecule has 6 heteroatoms. The smallest absolute Gasteiger partial charge is 0.205 e. The lowest BCUT2D eigenvalue weighted by Crippen LogP contribution is -2.63. The highest BCUT2D eigenvalue weighted by atomic mass is 16.7. The summed E-state index contributed by atoms with van der Waals surface area (Å²) in [6.45, 7) is 6.30. The number of carbonyl (C=O) groups is 2. The number of carbonyl (C=O) groups excluding carboxylic acids is 2. The number of rotatable bonds is 6. The number of aliphatic hydroxyl groups is 1. The minimum absolute atomic E-state index is 0.0174. The Morgan fingerprint density at radius 2 is 1.95 bits per heavy atom. The molecule has 5 unspecified atom stereocenters. The maximum atomic E-state index is 14.4. The molecule has 216 valence electrons. The molecule has 7 rings (SSSR count). The summed E-state index contributed by atoms with van der Waals surface area (Å²) in [5, 5.41) is 14.1. The molecule has 2 aromatic carbocycles. The zero-order valence-corrected chi connectivity index (χ0v) is 24.2. The van der Waals surface area contributed by atoms with Gasteiger partial charge in [0.2, 0.25) is 5.78 Å². The van der Waals surface area contributed by atoms with Crippen LogP contribution in [-0.4, -0.2) is 47.4 Å². The first kappa shape index (κ1) is 27.1. The number of fused-ring (bicyclic) bond motifs is 8. The summed E-state index contributed by atoms with van der Waals surface area (Å²) in [5.41, 5.74) is -1.01. The van der Waals surface area contributed by atoms with Gasteiger partial charge >= 0.3 is 0 Å². The van der Waals surface area contributed by atoms with Gasteiger partial charge in [0.25, 0.3) is 0 Å². The van der Waals surface area contributed by atoms with Gasteiger partial charge in [-0.3, -0.25) is 9.59 Å². The predicted octanol–water partition coefficient (Wildman–Crippen LogP) is 5.96. The van der Waals surface area contributed by atoms with Gasteiger partial charge in [0.1, 0.15) is 12.4 Å². The van der Waals surface area contributed by atoms with Crippen molar-refractivity contribution < 1.29 is 28.9 Å². The average molecular weight is 557 g/mol. The van der Waals surface area contributed by atoms with Crippen LogP contribution in [-0.2, 0) is 19.1 Å². The van der Waals surface area contributed by atoms with Gasteiger partial charge in [-0.05, 0) is 79.0 Å². The Hall–Kier alpha value is -2.80. The second kappa shape index (κ2) is 9.62. The van der Waals surface area contributed by atoms with E-state index in [1.165, 1.54) is 0 Å². The Morgan fingerprint density at radius 1 is 1.15 bits per heavy atom. The first-order valence-electron chi connectivity index (χ1n) is 15.3. The zero-order valence-electron chi connectivity index (χ0n) is 24.2. The minimum Gasteiger partial charge on any atom is -0.486 e. The van der Waals surface area contributed by atoms with E-state index in [0.29, 0.717) is 12.2 Å². The van der Waals surface area contributed by atoms with Crippen molar-refractivity contribution in [1.29, 1.82) is 0 Å². The SMILES string of the molecule is CCC[C@@H]1O[C@H]2CC3C4CCC5=CC(=O)C=CC5(C)C4[C@@H](O)CC3(C)[C@]2(C(=O)COc2ccc3ccccc3c2)O1. The molecule has 1 saturated heterocycles. The van der Waals surface area contributed by atoms with Crippen LogP contribution in [0.5, 0.6) is 5.75 Å². The molecule has 0 aromatic heterocycles. The largest absolute Gasteiger partial charge is 0.486 e. The maximum Gasteiger partial charge on any atom is 0.205 e. The van der Waals surface area contributed by atoms with Crippen LogP contribution >= 0.6 is 0 Å². The van der Waals surface area contributed by atoms with Crippen LogP contribution in [0.4, 0.5) is 0 Å². The number of hydrogen-bond donors (Lipinski definition) is 1. The van der Waals surface area contributed by atoms with Gasteiger partial charge in [-0.15, -0.1) is 0 Å². The first-order chi connectivity index (χ1) is 19.7. The summed E-state index contributed by atoms with van der Waals surface area (Å²) >= 11 is 0. The van der Waals surface area contributed by atoms with E-state index in [1.807, 2.05) is 42.5 Å². The van der Waals surface area contributed by atoms with Crippen molar-refractivity contribution in [3.05, 3.63) is 66.3 Å². The number of ketones is 2. The average Bonchev–Trinajstić information content (AvgIpc) is 3.44. The number of Topliss-reactive ketones (excluding diaryl/α,β-unsaturated/α-hetero) is 1. The lowest BCUT2D eigenvalue weighted by Gasteiger charge is -2.59. The Morgan fingerprint density at radius 3 is 2.76 bits per heavy atom. The van der Waals surface area contributed by atoms with Crippen molar-refractivity contribution in [1.82, 2.24) is 0 Å². The molecule has 3 saturated carbocycles. The number of allylic oxidation sites excluding steroid dienone is 4. The molecule has 5 aliphatic rings. The van der Waals surface area contributed by atoms with E-state index < -0.39 is 23.4 Å². The molecule has 9 atom stereocenters. The van der Waals surface area contributed by atoms with Gasteiger partial charge in [0.15, 0.2) is 17.7 Å². The Bertz CT molecular complexity index is 1460. The second-order valence-corrected chi connectivity index (χ2v) is 13.4. The van der Waals surface area contributed by atoms with Crippen molar-refractivity contribution >= 4 is 22.3 Å². The fourth-order valence-electron chi connectivity index (χ4n) is 9.52. The summed E-state index contributed by atoms with van der Waals surface area (Å²) in [6, 6.07) is 14.0. The van der Waals surface area contributed by atoms with Crippen molar-refractivity contribution in [2.45, 2.75) is 83.4 Å². The predicted molar refractivity (Wildman–Crippen MR) is 155 cm³/mol. The molecule has 1 N–H and O–H groups in total. The summed E-state index contributed by atoms with van der Waals surface area (Å²) in [6.07, 6.45) is 8.50. The van der Waals surface area contributed by atoms with Gasteiger partial charge in [0, 0.05) is 16.7 Å². The fraction of sp³-hybridized carbons (Fsp3) is 0.543. The summed E-state index contributed by atoms with van der Waals surface area (Å²) < 4.78 is 19.4. The lowest BCUT2D eigenvalue weighted by atomic mass is 9.46. The highest BCUT2D eigenvalue weighted by Crippen LogP contribution is 2.69. The van der Waals surface area contributed by atoms with E-state index in [4.69, 9.17) is 14.2 Å². The fourth-order valence-corrected chi connectivity index (χ4v) is 9.52. The van der Waals surface area contributed by atoms with Crippen molar-refractivity contribution in [2.24, 2.45) is 28.6 Å². The highest BCUT2D eigenvalue weighted by Gasteiger charge is 2.75. The first-order valence-corrected chi connectivity index (χ1v) is 15.3. The van der Waals surface area contributed by atoms with Gasteiger partial charge in [-0.2, -0.15) is 0 Å². The third-order valence-electron chi connectivity index (χ3n) is 11.3. The van der Waals surface area contributed by atoms with E-state index in [-0.39, 0.29) is 47.4 Å². The number of ether oxygens (including phenoxy) is 3. The number of aliphatic hydroxyl groups excluding tert-OH is 1. The van der Waals surface area contributed by atoms with Crippen LogP contribution < -0.4 is 4.74 Å². The Labute approximate surface area is 241 Å². The van der Waals surface area contributed by atoms with Crippen LogP contribution in [0.15, 0.2) is 66.3 Å². The number of hydrogen-bond acceptors (Lipinski definition) is 6. The van der Waals surface area contributed by atoms with Gasteiger partial charge in [0.05, 0.1) is 12.2 Å². The standard InChI is InChI=1S/C35H40O6/c1-4-7-31-40-30-18-27-26-13-11-23-17-24(36)14-15-33(23,2)32(26)28(37)19-34(27,3)35(30,41-31)29(38)20-39-25-12-10-21-8-5-6-9-22(21)16-25/h5-6,8-10,12,14-17,26-28,30-32,37H,4,7,11,13,18-20H2,1-3H3/t26?,27?,28-,30-,31+,32?,33?,34?,35+/m0/s1. The van der Waals surface area contributed by atoms with Gasteiger partial charge < -0.3 is 19.3 Å². The molecular weight excluding hydrogens is 516 g/mol. The van der Waals surface area contributed by atoms with E-state index >= 15 is 0 Å². The van der Waals surface area contributed by atoms with Crippen LogP contribution in [0.25, 0.3) is 10.8 Å². The second-order valence-electron chi connectivity index (χ2n) is 13.4. The Balaban J connectivity index is 1.21. The van der Waals surface area contributed by atoms with Crippen LogP contribution in [0.3, 0.4) is 0 Å². The quantitative estimate of drug-likeness (QED) is 0.473. The molecule has 0 spiro atoms. The van der Waals surface area contributed by atoms with Crippen LogP contribution in [0.2, 0.25) is 0 Å². The van der Waals surface area contributed by atoms with Gasteiger partial charge in [-0.25, -0.2) is 0 Å². The summed E-state index contributed by atoms with van der Waals surface area (Å²) in [7, 11) is 0. The van der Waals surface area contributed by atoms with E-state index in [9.17, 15) is 14.7 Å². The van der Waals surface area contributed by atoms with Gasteiger partial charge in [-0.1, -0.05) is 69.2 Å². The van der Waals surface area contributed by atoms with Crippen molar-refractivity contribution in [3.63, 3.8) is 0 Å². The summed E-state index contributed by atoms with van der Waals surface area (Å²) in [4.78, 5) is 26.6. The van der Waals surface area contributed by atoms with Crippen LogP contribution in [0, 0.1) is 28.6 Å². The van der Waals surface area contributed by atoms with E-state index in [0.717, 1.165) is 48.4 Å².